The molecule has 0 aliphatic heterocycles. The van der Waals surface area contributed by atoms with Gasteiger partial charge in [0.2, 0.25) is 0 Å². The Balaban J connectivity index is 1.99. The standard InChI is InChI=1S/C16H14N4O/c1-20-9-11-7-10(3-4-13(11)19-20)12-8-18-16-15(12)14(21-2)5-6-17-16/h3-9H,1-2H3,(H,17,18). The molecule has 3 heterocycles. The van der Waals surface area contributed by atoms with E-state index in [9.17, 15) is 0 Å². The predicted octanol–water partition coefficient (Wildman–Crippen LogP) is 3.13. The van der Waals surface area contributed by atoms with E-state index in [1.54, 1.807) is 13.3 Å². The fraction of sp³-hybridized carbons (Fsp3) is 0.125. The van der Waals surface area contributed by atoms with E-state index in [0.717, 1.165) is 38.8 Å². The summed E-state index contributed by atoms with van der Waals surface area (Å²) in [6.45, 7) is 0. The van der Waals surface area contributed by atoms with Gasteiger partial charge in [0.1, 0.15) is 11.4 Å². The smallest absolute Gasteiger partial charge is 0.141 e. The van der Waals surface area contributed by atoms with Crippen molar-refractivity contribution in [3.8, 4) is 16.9 Å². The number of aromatic nitrogens is 4. The second kappa shape index (κ2) is 4.34. The third kappa shape index (κ3) is 1.78. The van der Waals surface area contributed by atoms with E-state index in [2.05, 4.69) is 27.2 Å². The van der Waals surface area contributed by atoms with Gasteiger partial charge in [-0.2, -0.15) is 5.10 Å². The molecule has 4 aromatic rings. The van der Waals surface area contributed by atoms with Gasteiger partial charge in [0, 0.05) is 36.6 Å². The molecule has 5 heteroatoms. The normalized spacial score (nSPS) is 11.3. The second-order valence-electron chi connectivity index (χ2n) is 5.02. The Kier molecular flexibility index (Phi) is 2.47. The Morgan fingerprint density at radius 1 is 1.24 bits per heavy atom. The van der Waals surface area contributed by atoms with Gasteiger partial charge >= 0.3 is 0 Å². The van der Waals surface area contributed by atoms with Crippen LogP contribution in [-0.2, 0) is 7.05 Å². The number of nitrogens with zero attached hydrogens (tertiary/aromatic N) is 3. The molecule has 0 aliphatic rings. The number of rotatable bonds is 2. The van der Waals surface area contributed by atoms with Gasteiger partial charge in [0.15, 0.2) is 0 Å². The lowest BCUT2D eigenvalue weighted by molar-refractivity contribution is 0.419. The van der Waals surface area contributed by atoms with Crippen LogP contribution in [0.2, 0.25) is 0 Å². The maximum Gasteiger partial charge on any atom is 0.141 e. The van der Waals surface area contributed by atoms with Crippen molar-refractivity contribution in [2.45, 2.75) is 0 Å². The van der Waals surface area contributed by atoms with E-state index in [1.165, 1.54) is 0 Å². The van der Waals surface area contributed by atoms with Crippen LogP contribution in [0.1, 0.15) is 0 Å². The maximum absolute atomic E-state index is 5.46. The van der Waals surface area contributed by atoms with E-state index in [4.69, 9.17) is 4.74 Å². The van der Waals surface area contributed by atoms with E-state index in [0.29, 0.717) is 0 Å². The maximum atomic E-state index is 5.46. The van der Waals surface area contributed by atoms with Crippen LogP contribution in [0.3, 0.4) is 0 Å². The molecule has 0 spiro atoms. The first-order valence-corrected chi connectivity index (χ1v) is 6.70. The molecule has 0 amide bonds. The van der Waals surface area contributed by atoms with Crippen LogP contribution in [0.25, 0.3) is 33.1 Å². The molecular formula is C16H14N4O. The topological polar surface area (TPSA) is 55.7 Å². The largest absolute Gasteiger partial charge is 0.496 e. The lowest BCUT2D eigenvalue weighted by atomic mass is 10.0. The summed E-state index contributed by atoms with van der Waals surface area (Å²) in [6, 6.07) is 8.12. The van der Waals surface area contributed by atoms with Crippen molar-refractivity contribution in [1.29, 1.82) is 0 Å². The summed E-state index contributed by atoms with van der Waals surface area (Å²) in [5.41, 5.74) is 4.02. The van der Waals surface area contributed by atoms with Crippen molar-refractivity contribution in [1.82, 2.24) is 19.7 Å². The number of pyridine rings is 1. The lowest BCUT2D eigenvalue weighted by Gasteiger charge is -2.04. The van der Waals surface area contributed by atoms with Gasteiger partial charge in [-0.15, -0.1) is 0 Å². The molecule has 21 heavy (non-hydrogen) atoms. The zero-order valence-electron chi connectivity index (χ0n) is 11.8. The number of ether oxygens (including phenoxy) is 1. The zero-order valence-corrected chi connectivity index (χ0v) is 11.8. The monoisotopic (exact) mass is 278 g/mol. The SMILES string of the molecule is COc1ccnc2[nH]cc(-c3ccc4nn(C)cc4c3)c12. The highest BCUT2D eigenvalue weighted by molar-refractivity contribution is 5.99. The molecule has 0 saturated heterocycles. The summed E-state index contributed by atoms with van der Waals surface area (Å²) >= 11 is 0. The second-order valence-corrected chi connectivity index (χ2v) is 5.02. The molecule has 5 nitrogen and oxygen atoms in total. The molecule has 0 fully saturated rings. The molecule has 0 bridgehead atoms. The van der Waals surface area contributed by atoms with Crippen molar-refractivity contribution < 1.29 is 4.74 Å². The van der Waals surface area contributed by atoms with E-state index >= 15 is 0 Å². The highest BCUT2D eigenvalue weighted by Crippen LogP contribution is 2.35. The summed E-state index contributed by atoms with van der Waals surface area (Å²) < 4.78 is 7.29. The molecule has 0 atom stereocenters. The summed E-state index contributed by atoms with van der Waals surface area (Å²) in [5, 5.41) is 6.52. The Hall–Kier alpha value is -2.82. The molecule has 0 unspecified atom stereocenters. The number of benzene rings is 1. The Morgan fingerprint density at radius 2 is 2.14 bits per heavy atom. The number of aromatic amines is 1. The van der Waals surface area contributed by atoms with Gasteiger partial charge in [-0.1, -0.05) is 6.07 Å². The van der Waals surface area contributed by atoms with Gasteiger partial charge in [-0.25, -0.2) is 4.98 Å². The third-order valence-corrected chi connectivity index (χ3v) is 3.69. The molecule has 0 saturated carbocycles. The van der Waals surface area contributed by atoms with E-state index in [-0.39, 0.29) is 0 Å². The Bertz CT molecular complexity index is 951. The molecule has 104 valence electrons. The molecule has 3 aromatic heterocycles. The minimum Gasteiger partial charge on any atom is -0.496 e. The highest BCUT2D eigenvalue weighted by Gasteiger charge is 2.12. The minimum absolute atomic E-state index is 0.822. The van der Waals surface area contributed by atoms with Crippen LogP contribution < -0.4 is 4.74 Å². The van der Waals surface area contributed by atoms with Crippen LogP contribution in [-0.4, -0.2) is 26.9 Å². The number of hydrogen-bond donors (Lipinski definition) is 1. The lowest BCUT2D eigenvalue weighted by Crippen LogP contribution is -1.86. The number of fused-ring (bicyclic) bond motifs is 2. The third-order valence-electron chi connectivity index (χ3n) is 3.69. The quantitative estimate of drug-likeness (QED) is 0.613. The Morgan fingerprint density at radius 3 is 3.00 bits per heavy atom. The summed E-state index contributed by atoms with van der Waals surface area (Å²) in [6.07, 6.45) is 5.73. The Labute approximate surface area is 121 Å². The number of H-pyrrole nitrogens is 1. The molecule has 0 radical (unpaired) electrons. The number of methoxy groups -OCH3 is 1. The average molecular weight is 278 g/mol. The van der Waals surface area contributed by atoms with Gasteiger partial charge in [-0.3, -0.25) is 4.68 Å². The van der Waals surface area contributed by atoms with Crippen molar-refractivity contribution in [2.24, 2.45) is 7.05 Å². The summed E-state index contributed by atoms with van der Waals surface area (Å²) in [7, 11) is 3.61. The fourth-order valence-electron chi connectivity index (χ4n) is 2.74. The first-order chi connectivity index (χ1) is 10.3. The van der Waals surface area contributed by atoms with E-state index in [1.807, 2.05) is 36.3 Å². The van der Waals surface area contributed by atoms with Gasteiger partial charge in [-0.05, 0) is 23.8 Å². The number of aryl methyl sites for hydroxylation is 1. The van der Waals surface area contributed by atoms with Crippen LogP contribution in [0.5, 0.6) is 5.75 Å². The average Bonchev–Trinajstić information content (AvgIpc) is 3.08. The fourth-order valence-corrected chi connectivity index (χ4v) is 2.74. The molecule has 0 aliphatic carbocycles. The molecule has 1 N–H and O–H groups in total. The first kappa shape index (κ1) is 12.0. The van der Waals surface area contributed by atoms with Crippen molar-refractivity contribution in [3.05, 3.63) is 42.9 Å². The number of nitrogens with one attached hydrogen (secondary N) is 1. The van der Waals surface area contributed by atoms with Gasteiger partial charge in [0.05, 0.1) is 18.0 Å². The van der Waals surface area contributed by atoms with Crippen molar-refractivity contribution in [3.63, 3.8) is 0 Å². The highest BCUT2D eigenvalue weighted by atomic mass is 16.5. The molecule has 1 aromatic carbocycles. The molecular weight excluding hydrogens is 264 g/mol. The van der Waals surface area contributed by atoms with Gasteiger partial charge < -0.3 is 9.72 Å². The van der Waals surface area contributed by atoms with Gasteiger partial charge in [0.25, 0.3) is 0 Å². The van der Waals surface area contributed by atoms with Crippen LogP contribution >= 0.6 is 0 Å². The van der Waals surface area contributed by atoms with Crippen molar-refractivity contribution >= 4 is 21.9 Å². The van der Waals surface area contributed by atoms with Crippen molar-refractivity contribution in [2.75, 3.05) is 7.11 Å². The zero-order chi connectivity index (χ0) is 14.4. The minimum atomic E-state index is 0.822. The predicted molar refractivity (Wildman–Crippen MR) is 82.4 cm³/mol. The summed E-state index contributed by atoms with van der Waals surface area (Å²) in [4.78, 5) is 7.55. The van der Waals surface area contributed by atoms with Crippen LogP contribution in [0, 0.1) is 0 Å². The number of hydrogen-bond acceptors (Lipinski definition) is 3. The van der Waals surface area contributed by atoms with Crippen LogP contribution in [0.15, 0.2) is 42.9 Å². The molecule has 4 rings (SSSR count). The van der Waals surface area contributed by atoms with Crippen LogP contribution in [0.4, 0.5) is 0 Å². The summed E-state index contributed by atoms with van der Waals surface area (Å²) in [5.74, 6) is 0.822. The first-order valence-electron chi connectivity index (χ1n) is 6.70. The van der Waals surface area contributed by atoms with E-state index < -0.39 is 0 Å².